The van der Waals surface area contributed by atoms with Gasteiger partial charge in [-0.15, -0.1) is 0 Å². The molecule has 0 aliphatic carbocycles. The first-order valence-electron chi connectivity index (χ1n) is 14.0. The Morgan fingerprint density at radius 3 is 0.806 bits per heavy atom. The van der Waals surface area contributed by atoms with E-state index < -0.39 is 5.97 Å². The van der Waals surface area contributed by atoms with Crippen molar-refractivity contribution < 1.29 is 9.90 Å². The third-order valence-electron chi connectivity index (χ3n) is 6.49. The molecule has 2 heteroatoms. The highest BCUT2D eigenvalue weighted by Gasteiger charge is 1.97. The second-order valence-electron chi connectivity index (χ2n) is 9.63. The van der Waals surface area contributed by atoms with Gasteiger partial charge in [-0.3, -0.25) is 4.79 Å². The summed E-state index contributed by atoms with van der Waals surface area (Å²) in [5.74, 6) is -0.649. The molecular weight excluding hydrogens is 380 g/mol. The Balaban J connectivity index is 0. The molecule has 1 N–H and O–H groups in total. The monoisotopic (exact) mass is 440 g/mol. The summed E-state index contributed by atoms with van der Waals surface area (Å²) in [6.45, 7) is 2.29. The predicted molar refractivity (Wildman–Crippen MR) is 140 cm³/mol. The number of carbonyl (C=O) groups is 1. The molecule has 0 aliphatic rings. The Hall–Kier alpha value is -0.530. The molecule has 0 saturated heterocycles. The zero-order valence-electron chi connectivity index (χ0n) is 20.7. The summed E-state index contributed by atoms with van der Waals surface area (Å²) in [7, 11) is 0. The average Bonchev–Trinajstić information content (AvgIpc) is 2.73. The predicted octanol–water partition coefficient (Wildman–Crippen LogP) is 10.9. The lowest BCUT2D eigenvalue weighted by atomic mass is 10.0. The molecule has 0 amide bonds. The number of carboxylic acid groups (broad SMARTS) is 1. The molecule has 188 valence electrons. The van der Waals surface area contributed by atoms with Gasteiger partial charge >= 0.3 is 5.97 Å². The van der Waals surface area contributed by atoms with Crippen LogP contribution < -0.4 is 0 Å². The summed E-state index contributed by atoms with van der Waals surface area (Å²) in [5, 5.41) is 8.60. The van der Waals surface area contributed by atoms with Gasteiger partial charge in [0.25, 0.3) is 0 Å². The molecule has 0 aromatic heterocycles. The molecule has 0 aromatic carbocycles. The highest BCUT2D eigenvalue weighted by Crippen LogP contribution is 2.15. The first kappa shape index (κ1) is 32.6. The fourth-order valence-electron chi connectivity index (χ4n) is 4.42. The van der Waals surface area contributed by atoms with Crippen molar-refractivity contribution in [2.45, 2.75) is 181 Å². The standard InChI is InChI=1S/C28H56O2.CH4/c1-2-3-4-5-6-7-8-9-10-11-12-13-14-15-16-17-18-19-20-21-22-23-24-25-26-27-28(29)30;/h2-27H2,1H3,(H,29,30);1H4. The molecule has 2 nitrogen and oxygen atoms in total. The maximum absolute atomic E-state index is 10.4. The SMILES string of the molecule is C.CCCCCCCCCCCCCCCCCCCCCCCCCCCC(=O)O. The second-order valence-corrected chi connectivity index (χ2v) is 9.63. The first-order chi connectivity index (χ1) is 14.8. The van der Waals surface area contributed by atoms with Crippen LogP contribution in [0, 0.1) is 0 Å². The van der Waals surface area contributed by atoms with Crippen LogP contribution in [0.4, 0.5) is 0 Å². The minimum Gasteiger partial charge on any atom is -0.481 e. The third kappa shape index (κ3) is 31.7. The Morgan fingerprint density at radius 2 is 0.613 bits per heavy atom. The molecule has 0 fully saturated rings. The molecule has 0 atom stereocenters. The van der Waals surface area contributed by atoms with E-state index in [9.17, 15) is 4.79 Å². The lowest BCUT2D eigenvalue weighted by Gasteiger charge is -2.04. The number of carboxylic acids is 1. The van der Waals surface area contributed by atoms with Crippen molar-refractivity contribution in [1.29, 1.82) is 0 Å². The van der Waals surface area contributed by atoms with Crippen LogP contribution in [0.1, 0.15) is 181 Å². The maximum atomic E-state index is 10.4. The van der Waals surface area contributed by atoms with Crippen LogP contribution in [0.5, 0.6) is 0 Å². The Bertz CT molecular complexity index is 327. The van der Waals surface area contributed by atoms with Crippen molar-refractivity contribution in [2.75, 3.05) is 0 Å². The third-order valence-corrected chi connectivity index (χ3v) is 6.49. The van der Waals surface area contributed by atoms with E-state index >= 15 is 0 Å². The van der Waals surface area contributed by atoms with Gasteiger partial charge in [0.2, 0.25) is 0 Å². The minimum atomic E-state index is -0.649. The molecule has 0 aliphatic heterocycles. The van der Waals surface area contributed by atoms with Crippen LogP contribution in [-0.2, 0) is 4.79 Å². The van der Waals surface area contributed by atoms with Crippen LogP contribution in [-0.4, -0.2) is 11.1 Å². The zero-order valence-corrected chi connectivity index (χ0v) is 20.7. The minimum absolute atomic E-state index is 0. The molecular formula is C29H60O2. The fourth-order valence-corrected chi connectivity index (χ4v) is 4.42. The van der Waals surface area contributed by atoms with E-state index in [0.717, 1.165) is 12.8 Å². The molecule has 0 radical (unpaired) electrons. The highest BCUT2D eigenvalue weighted by atomic mass is 16.4. The van der Waals surface area contributed by atoms with Gasteiger partial charge < -0.3 is 5.11 Å². The molecule has 0 saturated carbocycles. The number of hydrogen-bond acceptors (Lipinski definition) is 1. The molecule has 0 heterocycles. The molecule has 0 rings (SSSR count). The van der Waals surface area contributed by atoms with Crippen molar-refractivity contribution in [2.24, 2.45) is 0 Å². The number of hydrogen-bond donors (Lipinski definition) is 1. The van der Waals surface area contributed by atoms with Gasteiger partial charge in [-0.25, -0.2) is 0 Å². The number of rotatable bonds is 26. The normalized spacial score (nSPS) is 10.9. The fraction of sp³-hybridized carbons (Fsp3) is 0.966. The van der Waals surface area contributed by atoms with Gasteiger partial charge in [-0.1, -0.05) is 168 Å². The lowest BCUT2D eigenvalue weighted by molar-refractivity contribution is -0.137. The zero-order chi connectivity index (χ0) is 22.0. The maximum Gasteiger partial charge on any atom is 0.303 e. The van der Waals surface area contributed by atoms with Crippen molar-refractivity contribution in [3.8, 4) is 0 Å². The lowest BCUT2D eigenvalue weighted by Crippen LogP contribution is -1.93. The van der Waals surface area contributed by atoms with Gasteiger partial charge in [0.1, 0.15) is 0 Å². The van der Waals surface area contributed by atoms with Crippen LogP contribution >= 0.6 is 0 Å². The van der Waals surface area contributed by atoms with E-state index in [1.165, 1.54) is 148 Å². The summed E-state index contributed by atoms with van der Waals surface area (Å²) < 4.78 is 0. The molecule has 0 spiro atoms. The van der Waals surface area contributed by atoms with Gasteiger partial charge in [-0.2, -0.15) is 0 Å². The largest absolute Gasteiger partial charge is 0.481 e. The molecule has 31 heavy (non-hydrogen) atoms. The summed E-state index contributed by atoms with van der Waals surface area (Å²) in [6, 6.07) is 0. The van der Waals surface area contributed by atoms with Crippen LogP contribution in [0.25, 0.3) is 0 Å². The second kappa shape index (κ2) is 29.5. The first-order valence-corrected chi connectivity index (χ1v) is 14.0. The van der Waals surface area contributed by atoms with Gasteiger partial charge in [0.05, 0.1) is 0 Å². The van der Waals surface area contributed by atoms with Crippen LogP contribution in [0.3, 0.4) is 0 Å². The van der Waals surface area contributed by atoms with E-state index in [1.54, 1.807) is 0 Å². The van der Waals surface area contributed by atoms with Crippen molar-refractivity contribution in [1.82, 2.24) is 0 Å². The average molecular weight is 441 g/mol. The summed E-state index contributed by atoms with van der Waals surface area (Å²) >= 11 is 0. The number of aliphatic carboxylic acids is 1. The Morgan fingerprint density at radius 1 is 0.419 bits per heavy atom. The van der Waals surface area contributed by atoms with Crippen LogP contribution in [0.15, 0.2) is 0 Å². The summed E-state index contributed by atoms with van der Waals surface area (Å²) in [4.78, 5) is 10.4. The van der Waals surface area contributed by atoms with Crippen molar-refractivity contribution in [3.05, 3.63) is 0 Å². The molecule has 0 bridgehead atoms. The smallest absolute Gasteiger partial charge is 0.303 e. The Labute approximate surface area is 197 Å². The van der Waals surface area contributed by atoms with E-state index in [-0.39, 0.29) is 7.43 Å². The quantitative estimate of drug-likeness (QED) is 0.136. The Kier molecular flexibility index (Phi) is 31.0. The van der Waals surface area contributed by atoms with Gasteiger partial charge in [0, 0.05) is 6.42 Å². The van der Waals surface area contributed by atoms with Gasteiger partial charge in [0.15, 0.2) is 0 Å². The molecule has 0 aromatic rings. The summed E-state index contributed by atoms with van der Waals surface area (Å²) in [6.07, 6.45) is 35.0. The van der Waals surface area contributed by atoms with E-state index in [1.807, 2.05) is 0 Å². The van der Waals surface area contributed by atoms with Crippen LogP contribution in [0.2, 0.25) is 0 Å². The number of unbranched alkanes of at least 4 members (excludes halogenated alkanes) is 24. The van der Waals surface area contributed by atoms with E-state index in [4.69, 9.17) is 5.11 Å². The van der Waals surface area contributed by atoms with E-state index in [2.05, 4.69) is 6.92 Å². The summed E-state index contributed by atoms with van der Waals surface area (Å²) in [5.41, 5.74) is 0. The topological polar surface area (TPSA) is 37.3 Å². The highest BCUT2D eigenvalue weighted by molar-refractivity contribution is 5.66. The van der Waals surface area contributed by atoms with E-state index in [0.29, 0.717) is 6.42 Å². The van der Waals surface area contributed by atoms with Crippen molar-refractivity contribution in [3.63, 3.8) is 0 Å². The molecule has 0 unspecified atom stereocenters. The van der Waals surface area contributed by atoms with Crippen molar-refractivity contribution >= 4 is 5.97 Å². The van der Waals surface area contributed by atoms with Gasteiger partial charge in [-0.05, 0) is 6.42 Å².